The number of carboxylic acid groups (broad SMARTS) is 1. The molecule has 90 valence electrons. The molecule has 5 heteroatoms. The summed E-state index contributed by atoms with van der Waals surface area (Å²) in [7, 11) is 0. The molecule has 0 aromatic heterocycles. The Morgan fingerprint density at radius 2 is 1.60 bits per heavy atom. The standard InChI is InChI=1S/C10H17F3O2/c1-3-9(4-2,8(14)15)6-5-7-10(11,12)13/h3-7H2,1-2H3,(H,14,15). The summed E-state index contributed by atoms with van der Waals surface area (Å²) in [6.45, 7) is 3.40. The van der Waals surface area contributed by atoms with Gasteiger partial charge in [0.1, 0.15) is 0 Å². The summed E-state index contributed by atoms with van der Waals surface area (Å²) in [5.74, 6) is -0.991. The third-order valence-corrected chi connectivity index (χ3v) is 2.92. The maximum Gasteiger partial charge on any atom is 0.389 e. The molecule has 0 aliphatic carbocycles. The van der Waals surface area contributed by atoms with Crippen LogP contribution in [0.5, 0.6) is 0 Å². The molecular weight excluding hydrogens is 209 g/mol. The van der Waals surface area contributed by atoms with Gasteiger partial charge in [-0.15, -0.1) is 0 Å². The van der Waals surface area contributed by atoms with Gasteiger partial charge in [-0.05, 0) is 25.7 Å². The molecular formula is C10H17F3O2. The molecule has 0 spiro atoms. The van der Waals surface area contributed by atoms with Crippen LogP contribution in [-0.2, 0) is 4.79 Å². The zero-order valence-corrected chi connectivity index (χ0v) is 9.02. The Morgan fingerprint density at radius 3 is 1.87 bits per heavy atom. The molecule has 2 nitrogen and oxygen atoms in total. The molecule has 0 atom stereocenters. The smallest absolute Gasteiger partial charge is 0.389 e. The average molecular weight is 226 g/mol. The van der Waals surface area contributed by atoms with E-state index in [1.54, 1.807) is 13.8 Å². The highest BCUT2D eigenvalue weighted by molar-refractivity contribution is 5.74. The Labute approximate surface area is 87.5 Å². The van der Waals surface area contributed by atoms with Gasteiger partial charge in [0, 0.05) is 6.42 Å². The molecule has 0 aliphatic rings. The monoisotopic (exact) mass is 226 g/mol. The largest absolute Gasteiger partial charge is 0.481 e. The molecule has 0 unspecified atom stereocenters. The van der Waals surface area contributed by atoms with Crippen LogP contribution in [0.25, 0.3) is 0 Å². The lowest BCUT2D eigenvalue weighted by atomic mass is 9.78. The summed E-state index contributed by atoms with van der Waals surface area (Å²) < 4.78 is 35.7. The molecule has 0 heterocycles. The van der Waals surface area contributed by atoms with Crippen molar-refractivity contribution >= 4 is 5.97 Å². The molecule has 0 aliphatic heterocycles. The van der Waals surface area contributed by atoms with Crippen molar-refractivity contribution in [3.8, 4) is 0 Å². The summed E-state index contributed by atoms with van der Waals surface area (Å²) in [6.07, 6.45) is -4.37. The molecule has 0 fully saturated rings. The van der Waals surface area contributed by atoms with Crippen LogP contribution in [0.1, 0.15) is 46.0 Å². The fourth-order valence-corrected chi connectivity index (χ4v) is 1.64. The number of hydrogen-bond acceptors (Lipinski definition) is 1. The van der Waals surface area contributed by atoms with Gasteiger partial charge in [0.2, 0.25) is 0 Å². The molecule has 1 N–H and O–H groups in total. The van der Waals surface area contributed by atoms with Crippen molar-refractivity contribution in [3.05, 3.63) is 0 Å². The predicted octanol–water partition coefficient (Wildman–Crippen LogP) is 3.61. The van der Waals surface area contributed by atoms with Crippen LogP contribution >= 0.6 is 0 Å². The first-order valence-corrected chi connectivity index (χ1v) is 5.07. The second kappa shape index (κ2) is 5.37. The average Bonchev–Trinajstić information content (AvgIpc) is 2.10. The highest BCUT2D eigenvalue weighted by Crippen LogP contribution is 2.34. The molecule has 0 rings (SSSR count). The first kappa shape index (κ1) is 14.3. The van der Waals surface area contributed by atoms with E-state index in [4.69, 9.17) is 5.11 Å². The molecule has 0 aromatic carbocycles. The molecule has 0 bridgehead atoms. The molecule has 0 saturated carbocycles. The highest BCUT2D eigenvalue weighted by atomic mass is 19.4. The third-order valence-electron chi connectivity index (χ3n) is 2.92. The van der Waals surface area contributed by atoms with Crippen molar-refractivity contribution in [2.75, 3.05) is 0 Å². The van der Waals surface area contributed by atoms with Crippen LogP contribution in [0.15, 0.2) is 0 Å². The van der Waals surface area contributed by atoms with Crippen LogP contribution in [0.2, 0.25) is 0 Å². The topological polar surface area (TPSA) is 37.3 Å². The van der Waals surface area contributed by atoms with E-state index in [2.05, 4.69) is 0 Å². The van der Waals surface area contributed by atoms with Gasteiger partial charge in [-0.2, -0.15) is 13.2 Å². The van der Waals surface area contributed by atoms with E-state index in [0.29, 0.717) is 12.8 Å². The van der Waals surface area contributed by atoms with E-state index in [1.807, 2.05) is 0 Å². The zero-order chi connectivity index (χ0) is 12.1. The van der Waals surface area contributed by atoms with Gasteiger partial charge in [-0.25, -0.2) is 0 Å². The van der Waals surface area contributed by atoms with Gasteiger partial charge >= 0.3 is 12.1 Å². The van der Waals surface area contributed by atoms with Gasteiger partial charge < -0.3 is 5.11 Å². The number of hydrogen-bond donors (Lipinski definition) is 1. The lowest BCUT2D eigenvalue weighted by molar-refractivity contribution is -0.153. The zero-order valence-electron chi connectivity index (χ0n) is 9.02. The predicted molar refractivity (Wildman–Crippen MR) is 50.6 cm³/mol. The van der Waals surface area contributed by atoms with Crippen LogP contribution in [0.3, 0.4) is 0 Å². The number of alkyl halides is 3. The van der Waals surface area contributed by atoms with Crippen molar-refractivity contribution in [1.82, 2.24) is 0 Å². The summed E-state index contributed by atoms with van der Waals surface area (Å²) in [5.41, 5.74) is -0.981. The van der Waals surface area contributed by atoms with Crippen molar-refractivity contribution < 1.29 is 23.1 Å². The molecule has 0 amide bonds. The minimum atomic E-state index is -4.19. The van der Waals surface area contributed by atoms with Crippen LogP contribution in [0, 0.1) is 5.41 Å². The van der Waals surface area contributed by atoms with Crippen molar-refractivity contribution in [1.29, 1.82) is 0 Å². The summed E-state index contributed by atoms with van der Waals surface area (Å²) in [6, 6.07) is 0. The molecule has 0 saturated heterocycles. The number of carbonyl (C=O) groups is 1. The van der Waals surface area contributed by atoms with E-state index >= 15 is 0 Å². The van der Waals surface area contributed by atoms with Gasteiger partial charge in [0.15, 0.2) is 0 Å². The second-order valence-electron chi connectivity index (χ2n) is 3.76. The maximum atomic E-state index is 11.9. The van der Waals surface area contributed by atoms with E-state index < -0.39 is 24.0 Å². The number of aliphatic carboxylic acids is 1. The van der Waals surface area contributed by atoms with E-state index in [-0.39, 0.29) is 12.8 Å². The van der Waals surface area contributed by atoms with Gasteiger partial charge in [-0.3, -0.25) is 4.79 Å². The highest BCUT2D eigenvalue weighted by Gasteiger charge is 2.36. The number of carboxylic acids is 1. The van der Waals surface area contributed by atoms with E-state index in [9.17, 15) is 18.0 Å². The maximum absolute atomic E-state index is 11.9. The van der Waals surface area contributed by atoms with Crippen LogP contribution < -0.4 is 0 Å². The Morgan fingerprint density at radius 1 is 1.13 bits per heavy atom. The molecule has 0 aromatic rings. The lowest BCUT2D eigenvalue weighted by Crippen LogP contribution is -2.30. The Bertz CT molecular complexity index is 207. The summed E-state index contributed by atoms with van der Waals surface area (Å²) >= 11 is 0. The van der Waals surface area contributed by atoms with Crippen LogP contribution in [0.4, 0.5) is 13.2 Å². The third kappa shape index (κ3) is 4.53. The quantitative estimate of drug-likeness (QED) is 0.751. The van der Waals surface area contributed by atoms with Crippen LogP contribution in [-0.4, -0.2) is 17.3 Å². The molecule has 0 radical (unpaired) electrons. The Balaban J connectivity index is 4.26. The fraction of sp³-hybridized carbons (Fsp3) is 0.900. The van der Waals surface area contributed by atoms with Gasteiger partial charge in [-0.1, -0.05) is 13.8 Å². The van der Waals surface area contributed by atoms with E-state index in [1.165, 1.54) is 0 Å². The second-order valence-corrected chi connectivity index (χ2v) is 3.76. The summed E-state index contributed by atoms with van der Waals surface area (Å²) in [4.78, 5) is 11.0. The van der Waals surface area contributed by atoms with Crippen molar-refractivity contribution in [3.63, 3.8) is 0 Å². The molecule has 15 heavy (non-hydrogen) atoms. The lowest BCUT2D eigenvalue weighted by Gasteiger charge is -2.26. The number of rotatable bonds is 6. The first-order valence-electron chi connectivity index (χ1n) is 5.07. The minimum Gasteiger partial charge on any atom is -0.481 e. The summed E-state index contributed by atoms with van der Waals surface area (Å²) in [5, 5.41) is 8.97. The fourth-order valence-electron chi connectivity index (χ4n) is 1.64. The Kier molecular flexibility index (Phi) is 5.11. The van der Waals surface area contributed by atoms with Crippen molar-refractivity contribution in [2.24, 2.45) is 5.41 Å². The normalized spacial score (nSPS) is 12.9. The number of halogens is 3. The minimum absolute atomic E-state index is 0.0921. The van der Waals surface area contributed by atoms with Gasteiger partial charge in [0.25, 0.3) is 0 Å². The van der Waals surface area contributed by atoms with Crippen molar-refractivity contribution in [2.45, 2.75) is 52.1 Å². The SMILES string of the molecule is CCC(CC)(CCCC(F)(F)F)C(=O)O. The van der Waals surface area contributed by atoms with E-state index in [0.717, 1.165) is 0 Å². The van der Waals surface area contributed by atoms with Gasteiger partial charge in [0.05, 0.1) is 5.41 Å². The Hall–Kier alpha value is -0.740. The first-order chi connectivity index (χ1) is 6.77.